The zero-order valence-electron chi connectivity index (χ0n) is 12.8. The number of aromatic nitrogens is 1. The van der Waals surface area contributed by atoms with Gasteiger partial charge in [0.1, 0.15) is 0 Å². The van der Waals surface area contributed by atoms with Crippen LogP contribution in [-0.4, -0.2) is 11.0 Å². The molecule has 0 aliphatic carbocycles. The Morgan fingerprint density at radius 3 is 2.32 bits per heavy atom. The molecule has 0 fully saturated rings. The maximum atomic E-state index is 12.7. The van der Waals surface area contributed by atoms with Gasteiger partial charge >= 0.3 is 6.18 Å². The number of fused-ring (bicyclic) bond motifs is 1. The Morgan fingerprint density at radius 1 is 1.12 bits per heavy atom. The highest BCUT2D eigenvalue weighted by Crippen LogP contribution is 2.34. The smallest absolute Gasteiger partial charge is 0.416 e. The molecular formula is C18H10BrF3NO2-. The molecule has 0 aliphatic rings. The molecular weight excluding hydrogens is 399 g/mol. The highest BCUT2D eigenvalue weighted by molar-refractivity contribution is 9.10. The van der Waals surface area contributed by atoms with E-state index in [9.17, 15) is 23.1 Å². The van der Waals surface area contributed by atoms with Crippen LogP contribution in [0.5, 0.6) is 0 Å². The SMILES string of the molecule is Cc1c(-c2ccc(C(F)(F)F)cc2)nc2ccc(Br)cc2c1C(=O)[O-]. The standard InChI is InChI=1S/C18H11BrF3NO2/c1-9-15(17(24)25)13-8-12(19)6-7-14(13)23-16(9)10-2-4-11(5-3-10)18(20,21)22/h2-8H,1H3,(H,24,25)/p-1. The molecule has 0 saturated heterocycles. The van der Waals surface area contributed by atoms with Crippen molar-refractivity contribution in [3.63, 3.8) is 0 Å². The van der Waals surface area contributed by atoms with E-state index in [-0.39, 0.29) is 5.56 Å². The molecule has 0 radical (unpaired) electrons. The predicted octanol–water partition coefficient (Wildman–Crippen LogP) is 4.36. The third-order valence-corrected chi connectivity index (χ3v) is 4.37. The second kappa shape index (κ2) is 6.15. The van der Waals surface area contributed by atoms with Crippen molar-refractivity contribution >= 4 is 32.8 Å². The van der Waals surface area contributed by atoms with Crippen molar-refractivity contribution in [3.05, 3.63) is 63.6 Å². The summed E-state index contributed by atoms with van der Waals surface area (Å²) in [6.45, 7) is 1.56. The summed E-state index contributed by atoms with van der Waals surface area (Å²) in [5.74, 6) is -1.36. The molecule has 3 aromatic rings. The molecule has 0 amide bonds. The summed E-state index contributed by atoms with van der Waals surface area (Å²) in [4.78, 5) is 16.0. The molecule has 0 N–H and O–H groups in total. The van der Waals surface area contributed by atoms with Crippen LogP contribution in [-0.2, 0) is 6.18 Å². The van der Waals surface area contributed by atoms with Crippen LogP contribution in [0.3, 0.4) is 0 Å². The Kier molecular flexibility index (Phi) is 4.28. The first-order chi connectivity index (χ1) is 11.7. The van der Waals surface area contributed by atoms with Crippen molar-refractivity contribution < 1.29 is 23.1 Å². The number of carboxylic acids is 1. The van der Waals surface area contributed by atoms with Gasteiger partial charge in [-0.1, -0.05) is 28.1 Å². The number of carbonyl (C=O) groups excluding carboxylic acids is 1. The number of aromatic carboxylic acids is 1. The minimum atomic E-state index is -4.44. The fraction of sp³-hybridized carbons (Fsp3) is 0.111. The van der Waals surface area contributed by atoms with Gasteiger partial charge in [0.15, 0.2) is 0 Å². The molecule has 7 heteroatoms. The lowest BCUT2D eigenvalue weighted by Gasteiger charge is -2.16. The van der Waals surface area contributed by atoms with E-state index in [1.807, 2.05) is 0 Å². The third kappa shape index (κ3) is 3.24. The van der Waals surface area contributed by atoms with Gasteiger partial charge in [-0.05, 0) is 42.8 Å². The average Bonchev–Trinajstić information content (AvgIpc) is 2.53. The van der Waals surface area contributed by atoms with Gasteiger partial charge in [-0.25, -0.2) is 4.98 Å². The van der Waals surface area contributed by atoms with E-state index >= 15 is 0 Å². The number of hydrogen-bond acceptors (Lipinski definition) is 3. The van der Waals surface area contributed by atoms with Crippen LogP contribution in [0.2, 0.25) is 0 Å². The molecule has 3 nitrogen and oxygen atoms in total. The van der Waals surface area contributed by atoms with Gasteiger partial charge < -0.3 is 9.90 Å². The van der Waals surface area contributed by atoms with E-state index in [1.54, 1.807) is 25.1 Å². The minimum Gasteiger partial charge on any atom is -0.545 e. The predicted molar refractivity (Wildman–Crippen MR) is 88.9 cm³/mol. The van der Waals surface area contributed by atoms with E-state index < -0.39 is 17.7 Å². The van der Waals surface area contributed by atoms with Crippen LogP contribution in [0, 0.1) is 6.92 Å². The molecule has 0 spiro atoms. The summed E-state index contributed by atoms with van der Waals surface area (Å²) in [6, 6.07) is 9.42. The zero-order valence-corrected chi connectivity index (χ0v) is 14.4. The minimum absolute atomic E-state index is 0.0267. The van der Waals surface area contributed by atoms with Crippen LogP contribution in [0.1, 0.15) is 21.5 Å². The summed E-state index contributed by atoms with van der Waals surface area (Å²) in [6.07, 6.45) is -4.44. The molecule has 1 heterocycles. The third-order valence-electron chi connectivity index (χ3n) is 3.88. The monoisotopic (exact) mass is 408 g/mol. The van der Waals surface area contributed by atoms with E-state index in [0.717, 1.165) is 12.1 Å². The maximum Gasteiger partial charge on any atom is 0.416 e. The Hall–Kier alpha value is -2.41. The Labute approximate surface area is 149 Å². The van der Waals surface area contributed by atoms with Crippen LogP contribution in [0.25, 0.3) is 22.2 Å². The van der Waals surface area contributed by atoms with Crippen molar-refractivity contribution in [2.24, 2.45) is 0 Å². The molecule has 0 aliphatic heterocycles. The summed E-state index contributed by atoms with van der Waals surface area (Å²) in [5.41, 5.74) is 0.661. The fourth-order valence-corrected chi connectivity index (χ4v) is 3.05. The maximum absolute atomic E-state index is 12.7. The molecule has 3 rings (SSSR count). The van der Waals surface area contributed by atoms with Gasteiger partial charge in [-0.3, -0.25) is 0 Å². The summed E-state index contributed by atoms with van der Waals surface area (Å²) in [5, 5.41) is 12.0. The molecule has 1 aromatic heterocycles. The highest BCUT2D eigenvalue weighted by Gasteiger charge is 2.30. The Balaban J connectivity index is 2.25. The Morgan fingerprint density at radius 2 is 1.76 bits per heavy atom. The molecule has 2 aromatic carbocycles. The lowest BCUT2D eigenvalue weighted by atomic mass is 9.97. The fourth-order valence-electron chi connectivity index (χ4n) is 2.69. The molecule has 128 valence electrons. The Bertz CT molecular complexity index is 982. The number of pyridine rings is 1. The van der Waals surface area contributed by atoms with E-state index in [0.29, 0.717) is 32.2 Å². The van der Waals surface area contributed by atoms with Gasteiger partial charge in [-0.15, -0.1) is 0 Å². The van der Waals surface area contributed by atoms with E-state index in [4.69, 9.17) is 0 Å². The van der Waals surface area contributed by atoms with Crippen molar-refractivity contribution in [2.75, 3.05) is 0 Å². The lowest BCUT2D eigenvalue weighted by molar-refractivity contribution is -0.254. The van der Waals surface area contributed by atoms with Crippen molar-refractivity contribution in [3.8, 4) is 11.3 Å². The normalized spacial score (nSPS) is 11.7. The first-order valence-electron chi connectivity index (χ1n) is 7.17. The van der Waals surface area contributed by atoms with Crippen LogP contribution < -0.4 is 5.11 Å². The van der Waals surface area contributed by atoms with E-state index in [1.165, 1.54) is 12.1 Å². The van der Waals surface area contributed by atoms with Crippen LogP contribution in [0.15, 0.2) is 46.9 Å². The topological polar surface area (TPSA) is 53.0 Å². The van der Waals surface area contributed by atoms with Crippen molar-refractivity contribution in [2.45, 2.75) is 13.1 Å². The van der Waals surface area contributed by atoms with Gasteiger partial charge in [0, 0.05) is 21.0 Å². The molecule has 0 atom stereocenters. The highest BCUT2D eigenvalue weighted by atomic mass is 79.9. The lowest BCUT2D eigenvalue weighted by Crippen LogP contribution is -2.24. The summed E-state index contributed by atoms with van der Waals surface area (Å²) in [7, 11) is 0. The largest absolute Gasteiger partial charge is 0.545 e. The first kappa shape index (κ1) is 17.4. The van der Waals surface area contributed by atoms with Gasteiger partial charge in [0.2, 0.25) is 0 Å². The number of hydrogen-bond donors (Lipinski definition) is 0. The molecule has 25 heavy (non-hydrogen) atoms. The molecule has 0 unspecified atom stereocenters. The van der Waals surface area contributed by atoms with Crippen molar-refractivity contribution in [1.82, 2.24) is 4.98 Å². The van der Waals surface area contributed by atoms with Crippen molar-refractivity contribution in [1.29, 1.82) is 0 Å². The number of rotatable bonds is 2. The number of nitrogens with zero attached hydrogens (tertiary/aromatic N) is 1. The zero-order chi connectivity index (χ0) is 18.4. The summed E-state index contributed by atoms with van der Waals surface area (Å²) < 4.78 is 38.8. The average molecular weight is 409 g/mol. The van der Waals surface area contributed by atoms with Crippen LogP contribution >= 0.6 is 15.9 Å². The quantitative estimate of drug-likeness (QED) is 0.633. The number of carboxylic acid groups (broad SMARTS) is 1. The number of halogens is 4. The van der Waals surface area contributed by atoms with Crippen LogP contribution in [0.4, 0.5) is 13.2 Å². The second-order valence-electron chi connectivity index (χ2n) is 5.48. The van der Waals surface area contributed by atoms with Gasteiger partial charge in [-0.2, -0.15) is 13.2 Å². The van der Waals surface area contributed by atoms with E-state index in [2.05, 4.69) is 20.9 Å². The molecule has 0 bridgehead atoms. The first-order valence-corrected chi connectivity index (χ1v) is 7.96. The number of alkyl halides is 3. The summed E-state index contributed by atoms with van der Waals surface area (Å²) >= 11 is 3.28. The van der Waals surface area contributed by atoms with Gasteiger partial charge in [0.25, 0.3) is 0 Å². The molecule has 0 saturated carbocycles. The number of carbonyl (C=O) groups is 1. The second-order valence-corrected chi connectivity index (χ2v) is 6.40. The number of benzene rings is 2. The van der Waals surface area contributed by atoms with Gasteiger partial charge in [0.05, 0.1) is 22.7 Å².